The maximum absolute atomic E-state index is 12.2. The minimum absolute atomic E-state index is 0.178. The highest BCUT2D eigenvalue weighted by Crippen LogP contribution is 2.24. The van der Waals surface area contributed by atoms with Crippen molar-refractivity contribution in [2.24, 2.45) is 0 Å². The zero-order valence-corrected chi connectivity index (χ0v) is 13.9. The third-order valence-corrected chi connectivity index (χ3v) is 4.05. The number of ether oxygens (including phenoxy) is 1. The first-order chi connectivity index (χ1) is 9.99. The van der Waals surface area contributed by atoms with Gasteiger partial charge in [0.05, 0.1) is 5.69 Å². The van der Waals surface area contributed by atoms with Crippen LogP contribution in [0.25, 0.3) is 0 Å². The van der Waals surface area contributed by atoms with E-state index in [2.05, 4.69) is 21.2 Å². The van der Waals surface area contributed by atoms with Gasteiger partial charge in [-0.15, -0.1) is 0 Å². The highest BCUT2D eigenvalue weighted by Gasteiger charge is 2.17. The molecule has 0 radical (unpaired) electrons. The standard InChI is InChI=1S/C17H18BrNO2/c1-11-7-6-10-16(12(11)2)21-13(3)17(20)19-15-9-5-4-8-14(15)18/h4-10,13H,1-3H3,(H,19,20)/t13-/m1/s1. The number of halogens is 1. The van der Waals surface area contributed by atoms with Gasteiger partial charge in [0.25, 0.3) is 5.91 Å². The van der Waals surface area contributed by atoms with Crippen LogP contribution in [-0.4, -0.2) is 12.0 Å². The van der Waals surface area contributed by atoms with Gasteiger partial charge in [0, 0.05) is 4.47 Å². The van der Waals surface area contributed by atoms with Gasteiger partial charge in [0.15, 0.2) is 6.10 Å². The van der Waals surface area contributed by atoms with Crippen molar-refractivity contribution in [1.82, 2.24) is 0 Å². The number of benzene rings is 2. The van der Waals surface area contributed by atoms with Crippen molar-refractivity contribution in [3.8, 4) is 5.75 Å². The summed E-state index contributed by atoms with van der Waals surface area (Å²) in [6.07, 6.45) is -0.572. The molecular formula is C17H18BrNO2. The SMILES string of the molecule is Cc1cccc(O[C@H](C)C(=O)Nc2ccccc2Br)c1C. The first kappa shape index (κ1) is 15.6. The van der Waals surface area contributed by atoms with E-state index in [9.17, 15) is 4.79 Å². The van der Waals surface area contributed by atoms with E-state index in [4.69, 9.17) is 4.74 Å². The van der Waals surface area contributed by atoms with Crippen molar-refractivity contribution in [3.63, 3.8) is 0 Å². The Balaban J connectivity index is 2.06. The number of rotatable bonds is 4. The number of carbonyl (C=O) groups excluding carboxylic acids is 1. The number of hydrogen-bond donors (Lipinski definition) is 1. The molecule has 0 unspecified atom stereocenters. The average molecular weight is 348 g/mol. The van der Waals surface area contributed by atoms with Gasteiger partial charge in [-0.05, 0) is 66.0 Å². The molecule has 2 rings (SSSR count). The number of amides is 1. The molecule has 0 aliphatic rings. The Morgan fingerprint density at radius 1 is 1.14 bits per heavy atom. The summed E-state index contributed by atoms with van der Waals surface area (Å²) in [6, 6.07) is 13.3. The summed E-state index contributed by atoms with van der Waals surface area (Å²) in [5.74, 6) is 0.563. The molecule has 0 saturated heterocycles. The van der Waals surface area contributed by atoms with E-state index in [1.54, 1.807) is 6.92 Å². The molecule has 21 heavy (non-hydrogen) atoms. The van der Waals surface area contributed by atoms with Crippen LogP contribution in [0.2, 0.25) is 0 Å². The number of para-hydroxylation sites is 1. The van der Waals surface area contributed by atoms with Gasteiger partial charge in [0.2, 0.25) is 0 Å². The molecule has 0 bridgehead atoms. The van der Waals surface area contributed by atoms with E-state index in [1.807, 2.05) is 56.3 Å². The van der Waals surface area contributed by atoms with Gasteiger partial charge in [-0.3, -0.25) is 4.79 Å². The smallest absolute Gasteiger partial charge is 0.265 e. The van der Waals surface area contributed by atoms with Crippen LogP contribution in [0, 0.1) is 13.8 Å². The Labute approximate surface area is 133 Å². The molecule has 0 aliphatic heterocycles. The minimum atomic E-state index is -0.572. The van der Waals surface area contributed by atoms with E-state index < -0.39 is 6.10 Å². The lowest BCUT2D eigenvalue weighted by molar-refractivity contribution is -0.122. The van der Waals surface area contributed by atoms with Crippen LogP contribution < -0.4 is 10.1 Å². The summed E-state index contributed by atoms with van der Waals surface area (Å²) in [6.45, 7) is 5.75. The minimum Gasteiger partial charge on any atom is -0.481 e. The molecule has 3 nitrogen and oxygen atoms in total. The van der Waals surface area contributed by atoms with Gasteiger partial charge in [0.1, 0.15) is 5.75 Å². The Morgan fingerprint density at radius 2 is 1.86 bits per heavy atom. The first-order valence-corrected chi connectivity index (χ1v) is 7.56. The number of anilines is 1. The number of aryl methyl sites for hydroxylation is 1. The topological polar surface area (TPSA) is 38.3 Å². The molecule has 0 saturated carbocycles. The van der Waals surface area contributed by atoms with Crippen molar-refractivity contribution in [2.45, 2.75) is 26.9 Å². The zero-order chi connectivity index (χ0) is 15.4. The maximum Gasteiger partial charge on any atom is 0.265 e. The van der Waals surface area contributed by atoms with Crippen LogP contribution in [0.3, 0.4) is 0 Å². The lowest BCUT2D eigenvalue weighted by Crippen LogP contribution is -2.30. The van der Waals surface area contributed by atoms with Crippen molar-refractivity contribution >= 4 is 27.5 Å². The van der Waals surface area contributed by atoms with Crippen LogP contribution in [0.5, 0.6) is 5.75 Å². The van der Waals surface area contributed by atoms with Crippen LogP contribution in [0.1, 0.15) is 18.1 Å². The predicted molar refractivity (Wildman–Crippen MR) is 88.8 cm³/mol. The molecule has 2 aromatic rings. The van der Waals surface area contributed by atoms with Gasteiger partial charge in [-0.25, -0.2) is 0 Å². The average Bonchev–Trinajstić information content (AvgIpc) is 2.46. The van der Waals surface area contributed by atoms with Crippen molar-refractivity contribution in [1.29, 1.82) is 0 Å². The van der Waals surface area contributed by atoms with Crippen LogP contribution in [0.15, 0.2) is 46.9 Å². The molecule has 1 amide bonds. The summed E-state index contributed by atoms with van der Waals surface area (Å²) in [5, 5.41) is 2.85. The van der Waals surface area contributed by atoms with Crippen molar-refractivity contribution < 1.29 is 9.53 Å². The van der Waals surface area contributed by atoms with E-state index in [1.165, 1.54) is 0 Å². The van der Waals surface area contributed by atoms with E-state index in [0.29, 0.717) is 0 Å². The summed E-state index contributed by atoms with van der Waals surface area (Å²) in [5.41, 5.74) is 2.93. The van der Waals surface area contributed by atoms with Crippen LogP contribution in [0.4, 0.5) is 5.69 Å². The van der Waals surface area contributed by atoms with Crippen LogP contribution >= 0.6 is 15.9 Å². The van der Waals surface area contributed by atoms with Crippen molar-refractivity contribution in [3.05, 3.63) is 58.1 Å². The molecule has 0 aromatic heterocycles. The van der Waals surface area contributed by atoms with Gasteiger partial charge < -0.3 is 10.1 Å². The Bertz CT molecular complexity index is 655. The van der Waals surface area contributed by atoms with E-state index in [-0.39, 0.29) is 5.91 Å². The largest absolute Gasteiger partial charge is 0.481 e. The molecule has 2 aromatic carbocycles. The molecule has 0 fully saturated rings. The Kier molecular flexibility index (Phi) is 5.02. The number of nitrogens with one attached hydrogen (secondary N) is 1. The summed E-state index contributed by atoms with van der Waals surface area (Å²) < 4.78 is 6.62. The fourth-order valence-corrected chi connectivity index (χ4v) is 2.28. The molecule has 110 valence electrons. The second-order valence-electron chi connectivity index (χ2n) is 4.93. The normalized spacial score (nSPS) is 11.8. The Morgan fingerprint density at radius 3 is 2.57 bits per heavy atom. The van der Waals surface area contributed by atoms with Gasteiger partial charge in [-0.2, -0.15) is 0 Å². The highest BCUT2D eigenvalue weighted by molar-refractivity contribution is 9.10. The molecule has 0 spiro atoms. The first-order valence-electron chi connectivity index (χ1n) is 6.77. The zero-order valence-electron chi connectivity index (χ0n) is 12.3. The monoisotopic (exact) mass is 347 g/mol. The second kappa shape index (κ2) is 6.76. The predicted octanol–water partition coefficient (Wildman–Crippen LogP) is 4.47. The third-order valence-electron chi connectivity index (χ3n) is 3.36. The molecule has 1 N–H and O–H groups in total. The van der Waals surface area contributed by atoms with Crippen molar-refractivity contribution in [2.75, 3.05) is 5.32 Å². The molecule has 0 aliphatic carbocycles. The fourth-order valence-electron chi connectivity index (χ4n) is 1.89. The van der Waals surface area contributed by atoms with E-state index in [0.717, 1.165) is 27.0 Å². The number of hydrogen-bond acceptors (Lipinski definition) is 2. The maximum atomic E-state index is 12.2. The lowest BCUT2D eigenvalue weighted by atomic mass is 10.1. The second-order valence-corrected chi connectivity index (χ2v) is 5.78. The Hall–Kier alpha value is -1.81. The summed E-state index contributed by atoms with van der Waals surface area (Å²) in [4.78, 5) is 12.2. The summed E-state index contributed by atoms with van der Waals surface area (Å²) >= 11 is 3.41. The lowest BCUT2D eigenvalue weighted by Gasteiger charge is -2.17. The fraction of sp³-hybridized carbons (Fsp3) is 0.235. The van der Waals surface area contributed by atoms with Gasteiger partial charge >= 0.3 is 0 Å². The summed E-state index contributed by atoms with van der Waals surface area (Å²) in [7, 11) is 0. The molecule has 4 heteroatoms. The molecule has 0 heterocycles. The van der Waals surface area contributed by atoms with E-state index >= 15 is 0 Å². The van der Waals surface area contributed by atoms with Crippen LogP contribution in [-0.2, 0) is 4.79 Å². The third kappa shape index (κ3) is 3.85. The highest BCUT2D eigenvalue weighted by atomic mass is 79.9. The number of carbonyl (C=O) groups is 1. The quantitative estimate of drug-likeness (QED) is 0.885. The molecule has 1 atom stereocenters. The molecular weight excluding hydrogens is 330 g/mol. The van der Waals surface area contributed by atoms with Gasteiger partial charge in [-0.1, -0.05) is 24.3 Å².